The predicted octanol–water partition coefficient (Wildman–Crippen LogP) is 0.876. The zero-order valence-electron chi connectivity index (χ0n) is 8.23. The first-order valence-electron chi connectivity index (χ1n) is 4.79. The highest BCUT2D eigenvalue weighted by atomic mass is 16.2. The minimum absolute atomic E-state index is 0.0289. The number of carbonyl (C=O) groups is 1. The van der Waals surface area contributed by atoms with Crippen LogP contribution in [0, 0.1) is 0 Å². The van der Waals surface area contributed by atoms with Gasteiger partial charge in [-0.2, -0.15) is 0 Å². The third kappa shape index (κ3) is 1.51. The van der Waals surface area contributed by atoms with E-state index in [2.05, 4.69) is 12.1 Å². The molecule has 2 N–H and O–H groups in total. The molecule has 1 amide bonds. The smallest absolute Gasteiger partial charge is 0.239 e. The van der Waals surface area contributed by atoms with Crippen LogP contribution >= 0.6 is 0 Å². The molecule has 0 fully saturated rings. The van der Waals surface area contributed by atoms with Crippen molar-refractivity contribution >= 4 is 5.91 Å². The van der Waals surface area contributed by atoms with Gasteiger partial charge in [0.15, 0.2) is 0 Å². The number of hydrogen-bond donors (Lipinski definition) is 1. The maximum absolute atomic E-state index is 11.6. The Hall–Kier alpha value is -1.35. The molecular formula is C11H14N2O. The van der Waals surface area contributed by atoms with Crippen LogP contribution in [0.25, 0.3) is 0 Å². The first-order chi connectivity index (χ1) is 6.68. The van der Waals surface area contributed by atoms with E-state index in [4.69, 9.17) is 5.73 Å². The van der Waals surface area contributed by atoms with Crippen molar-refractivity contribution in [2.75, 3.05) is 0 Å². The molecule has 1 heterocycles. The maximum atomic E-state index is 11.6. The monoisotopic (exact) mass is 190 g/mol. The third-order valence-corrected chi connectivity index (χ3v) is 2.54. The lowest BCUT2D eigenvalue weighted by atomic mass is 10.1. The SMILES string of the molecule is C[C@H](N)C(=O)N1Cc2ccccc2C1. The second kappa shape index (κ2) is 3.42. The predicted molar refractivity (Wildman–Crippen MR) is 54.3 cm³/mol. The maximum Gasteiger partial charge on any atom is 0.239 e. The van der Waals surface area contributed by atoms with Crippen molar-refractivity contribution in [1.29, 1.82) is 0 Å². The number of carbonyl (C=O) groups excluding carboxylic acids is 1. The summed E-state index contributed by atoms with van der Waals surface area (Å²) in [7, 11) is 0. The molecule has 74 valence electrons. The van der Waals surface area contributed by atoms with Gasteiger partial charge in [0.1, 0.15) is 0 Å². The summed E-state index contributed by atoms with van der Waals surface area (Å²) in [5.74, 6) is 0.0289. The fourth-order valence-electron chi connectivity index (χ4n) is 1.78. The van der Waals surface area contributed by atoms with E-state index in [0.29, 0.717) is 13.1 Å². The molecule has 1 aromatic carbocycles. The Morgan fingerprint density at radius 2 is 1.86 bits per heavy atom. The summed E-state index contributed by atoms with van der Waals surface area (Å²) >= 11 is 0. The Kier molecular flexibility index (Phi) is 2.25. The Morgan fingerprint density at radius 1 is 1.36 bits per heavy atom. The van der Waals surface area contributed by atoms with Crippen molar-refractivity contribution in [2.45, 2.75) is 26.1 Å². The van der Waals surface area contributed by atoms with E-state index in [9.17, 15) is 4.79 Å². The van der Waals surface area contributed by atoms with Crippen LogP contribution in [0.4, 0.5) is 0 Å². The van der Waals surface area contributed by atoms with Crippen LogP contribution < -0.4 is 5.73 Å². The molecule has 0 bridgehead atoms. The summed E-state index contributed by atoms with van der Waals surface area (Å²) in [4.78, 5) is 13.4. The van der Waals surface area contributed by atoms with Gasteiger partial charge in [-0.15, -0.1) is 0 Å². The van der Waals surface area contributed by atoms with Crippen LogP contribution in [-0.4, -0.2) is 16.8 Å². The normalized spacial score (nSPS) is 16.6. The molecule has 2 rings (SSSR count). The highest BCUT2D eigenvalue weighted by molar-refractivity contribution is 5.81. The molecule has 14 heavy (non-hydrogen) atoms. The van der Waals surface area contributed by atoms with Crippen LogP contribution in [0.1, 0.15) is 18.1 Å². The molecule has 0 radical (unpaired) electrons. The van der Waals surface area contributed by atoms with E-state index >= 15 is 0 Å². The second-order valence-electron chi connectivity index (χ2n) is 3.75. The molecule has 0 spiro atoms. The standard InChI is InChI=1S/C11H14N2O/c1-8(12)11(14)13-6-9-4-2-3-5-10(9)7-13/h2-5,8H,6-7,12H2,1H3/t8-/m0/s1. The highest BCUT2D eigenvalue weighted by Gasteiger charge is 2.24. The molecule has 0 saturated heterocycles. The Labute approximate surface area is 83.5 Å². The molecular weight excluding hydrogens is 176 g/mol. The molecule has 0 aliphatic carbocycles. The van der Waals surface area contributed by atoms with Gasteiger partial charge in [0.25, 0.3) is 0 Å². The van der Waals surface area contributed by atoms with E-state index in [1.54, 1.807) is 11.8 Å². The molecule has 1 atom stereocenters. The van der Waals surface area contributed by atoms with Crippen LogP contribution in [0.3, 0.4) is 0 Å². The van der Waals surface area contributed by atoms with Gasteiger partial charge < -0.3 is 10.6 Å². The summed E-state index contributed by atoms with van der Waals surface area (Å²) < 4.78 is 0. The number of fused-ring (bicyclic) bond motifs is 1. The van der Waals surface area contributed by atoms with Crippen molar-refractivity contribution in [3.8, 4) is 0 Å². The van der Waals surface area contributed by atoms with Crippen LogP contribution in [0.5, 0.6) is 0 Å². The number of amides is 1. The Balaban J connectivity index is 2.16. The van der Waals surface area contributed by atoms with E-state index < -0.39 is 6.04 Å². The van der Waals surface area contributed by atoms with Crippen molar-refractivity contribution in [2.24, 2.45) is 5.73 Å². The minimum atomic E-state index is -0.399. The first-order valence-corrected chi connectivity index (χ1v) is 4.79. The molecule has 0 aromatic heterocycles. The average molecular weight is 190 g/mol. The molecule has 1 aliphatic rings. The number of nitrogens with zero attached hydrogens (tertiary/aromatic N) is 1. The average Bonchev–Trinajstić information content (AvgIpc) is 2.59. The number of nitrogens with two attached hydrogens (primary N) is 1. The van der Waals surface area contributed by atoms with Gasteiger partial charge in [-0.3, -0.25) is 4.79 Å². The largest absolute Gasteiger partial charge is 0.333 e. The lowest BCUT2D eigenvalue weighted by Crippen LogP contribution is -2.38. The third-order valence-electron chi connectivity index (χ3n) is 2.54. The fourth-order valence-corrected chi connectivity index (χ4v) is 1.78. The molecule has 1 aromatic rings. The fraction of sp³-hybridized carbons (Fsp3) is 0.364. The van der Waals surface area contributed by atoms with Crippen molar-refractivity contribution < 1.29 is 4.79 Å². The van der Waals surface area contributed by atoms with E-state index in [-0.39, 0.29) is 5.91 Å². The lowest BCUT2D eigenvalue weighted by molar-refractivity contribution is -0.132. The van der Waals surface area contributed by atoms with Gasteiger partial charge in [0.2, 0.25) is 5.91 Å². The lowest BCUT2D eigenvalue weighted by Gasteiger charge is -2.17. The minimum Gasteiger partial charge on any atom is -0.333 e. The summed E-state index contributed by atoms with van der Waals surface area (Å²) in [6.45, 7) is 3.14. The summed E-state index contributed by atoms with van der Waals surface area (Å²) in [6.07, 6.45) is 0. The van der Waals surface area contributed by atoms with E-state index in [0.717, 1.165) is 0 Å². The van der Waals surface area contributed by atoms with E-state index in [1.165, 1.54) is 11.1 Å². The molecule has 1 aliphatic heterocycles. The van der Waals surface area contributed by atoms with Gasteiger partial charge in [-0.25, -0.2) is 0 Å². The van der Waals surface area contributed by atoms with Gasteiger partial charge in [-0.05, 0) is 18.1 Å². The van der Waals surface area contributed by atoms with Gasteiger partial charge in [0.05, 0.1) is 6.04 Å². The van der Waals surface area contributed by atoms with Crippen LogP contribution in [0.2, 0.25) is 0 Å². The zero-order chi connectivity index (χ0) is 10.1. The van der Waals surface area contributed by atoms with Gasteiger partial charge in [0, 0.05) is 13.1 Å². The zero-order valence-corrected chi connectivity index (χ0v) is 8.23. The topological polar surface area (TPSA) is 46.3 Å². The molecule has 3 nitrogen and oxygen atoms in total. The quantitative estimate of drug-likeness (QED) is 0.714. The van der Waals surface area contributed by atoms with Crippen LogP contribution in [-0.2, 0) is 17.9 Å². The summed E-state index contributed by atoms with van der Waals surface area (Å²) in [5.41, 5.74) is 8.03. The van der Waals surface area contributed by atoms with Crippen LogP contribution in [0.15, 0.2) is 24.3 Å². The Bertz CT molecular complexity index is 335. The number of rotatable bonds is 1. The summed E-state index contributed by atoms with van der Waals surface area (Å²) in [5, 5.41) is 0. The molecule has 0 saturated carbocycles. The highest BCUT2D eigenvalue weighted by Crippen LogP contribution is 2.22. The summed E-state index contributed by atoms with van der Waals surface area (Å²) in [6, 6.07) is 7.72. The van der Waals surface area contributed by atoms with Gasteiger partial charge >= 0.3 is 0 Å². The van der Waals surface area contributed by atoms with E-state index in [1.807, 2.05) is 12.1 Å². The molecule has 0 unspecified atom stereocenters. The molecule has 3 heteroatoms. The number of benzene rings is 1. The second-order valence-corrected chi connectivity index (χ2v) is 3.75. The number of hydrogen-bond acceptors (Lipinski definition) is 2. The van der Waals surface area contributed by atoms with Gasteiger partial charge in [-0.1, -0.05) is 24.3 Å². The first kappa shape index (κ1) is 9.21. The Morgan fingerprint density at radius 3 is 2.29 bits per heavy atom. The van der Waals surface area contributed by atoms with Crippen molar-refractivity contribution in [3.05, 3.63) is 35.4 Å². The van der Waals surface area contributed by atoms with Crippen molar-refractivity contribution in [1.82, 2.24) is 4.90 Å². The van der Waals surface area contributed by atoms with Crippen molar-refractivity contribution in [3.63, 3.8) is 0 Å².